The molecule has 11 heavy (non-hydrogen) atoms. The van der Waals surface area contributed by atoms with Crippen molar-refractivity contribution in [2.24, 2.45) is 0 Å². The van der Waals surface area contributed by atoms with Gasteiger partial charge in [0.1, 0.15) is 6.10 Å². The van der Waals surface area contributed by atoms with Crippen molar-refractivity contribution >= 4 is 6.29 Å². The summed E-state index contributed by atoms with van der Waals surface area (Å²) < 4.78 is 0. The fraction of sp³-hybridized carbons (Fsp3) is 0.889. The van der Waals surface area contributed by atoms with E-state index in [1.807, 2.05) is 0 Å². The summed E-state index contributed by atoms with van der Waals surface area (Å²) in [5, 5.41) is 8.79. The average Bonchev–Trinajstić information content (AvgIpc) is 2.04. The minimum absolute atomic E-state index is 0.577. The molecule has 0 aromatic carbocycles. The lowest BCUT2D eigenvalue weighted by Gasteiger charge is -2.00. The van der Waals surface area contributed by atoms with Gasteiger partial charge in [-0.2, -0.15) is 0 Å². The van der Waals surface area contributed by atoms with E-state index in [1.165, 1.54) is 19.3 Å². The van der Waals surface area contributed by atoms with Gasteiger partial charge in [0.05, 0.1) is 0 Å². The summed E-state index contributed by atoms with van der Waals surface area (Å²) in [6.07, 6.45) is 7.03. The summed E-state index contributed by atoms with van der Waals surface area (Å²) in [5.74, 6) is 0. The van der Waals surface area contributed by atoms with Gasteiger partial charge in [0.2, 0.25) is 6.29 Å². The first kappa shape index (κ1) is 10.6. The molecule has 0 amide bonds. The Bertz CT molecular complexity index is 91.6. The third kappa shape index (κ3) is 7.53. The fourth-order valence-corrected chi connectivity index (χ4v) is 1.00. The SMILES string of the molecule is CCCCCCCC(O)[C]=O. The summed E-state index contributed by atoms with van der Waals surface area (Å²) in [4.78, 5) is 9.85. The maximum Gasteiger partial charge on any atom is 0.229 e. The van der Waals surface area contributed by atoms with Crippen LogP contribution in [0.3, 0.4) is 0 Å². The van der Waals surface area contributed by atoms with Crippen molar-refractivity contribution in [2.75, 3.05) is 0 Å². The quantitative estimate of drug-likeness (QED) is 0.572. The molecule has 1 radical (unpaired) electrons. The van der Waals surface area contributed by atoms with Crippen LogP contribution in [0.25, 0.3) is 0 Å². The van der Waals surface area contributed by atoms with Gasteiger partial charge in [-0.1, -0.05) is 39.0 Å². The van der Waals surface area contributed by atoms with Crippen molar-refractivity contribution in [2.45, 2.75) is 51.6 Å². The average molecular weight is 157 g/mol. The van der Waals surface area contributed by atoms with Crippen molar-refractivity contribution < 1.29 is 9.90 Å². The van der Waals surface area contributed by atoms with Crippen LogP contribution in [0, 0.1) is 0 Å². The molecule has 0 aliphatic carbocycles. The fourth-order valence-electron chi connectivity index (χ4n) is 1.00. The van der Waals surface area contributed by atoms with Crippen LogP contribution >= 0.6 is 0 Å². The van der Waals surface area contributed by atoms with E-state index in [0.717, 1.165) is 12.8 Å². The van der Waals surface area contributed by atoms with Gasteiger partial charge < -0.3 is 5.11 Å². The van der Waals surface area contributed by atoms with Crippen molar-refractivity contribution in [3.8, 4) is 0 Å². The first-order valence-electron chi connectivity index (χ1n) is 4.37. The van der Waals surface area contributed by atoms with E-state index in [0.29, 0.717) is 6.42 Å². The van der Waals surface area contributed by atoms with Crippen molar-refractivity contribution in [1.29, 1.82) is 0 Å². The van der Waals surface area contributed by atoms with Crippen molar-refractivity contribution in [3.05, 3.63) is 0 Å². The van der Waals surface area contributed by atoms with Crippen LogP contribution < -0.4 is 0 Å². The Balaban J connectivity index is 2.95. The Kier molecular flexibility index (Phi) is 7.47. The van der Waals surface area contributed by atoms with Crippen molar-refractivity contribution in [1.82, 2.24) is 0 Å². The molecule has 1 atom stereocenters. The number of carbonyl (C=O) groups excluding carboxylic acids is 1. The lowest BCUT2D eigenvalue weighted by atomic mass is 10.1. The topological polar surface area (TPSA) is 37.3 Å². The van der Waals surface area contributed by atoms with Crippen LogP contribution in [0.4, 0.5) is 0 Å². The first-order chi connectivity index (χ1) is 5.31. The standard InChI is InChI=1S/C9H17O2/c1-2-3-4-5-6-7-9(11)8-10/h9,11H,2-7H2,1H3. The smallest absolute Gasteiger partial charge is 0.229 e. The van der Waals surface area contributed by atoms with E-state index in [-0.39, 0.29) is 0 Å². The highest BCUT2D eigenvalue weighted by Crippen LogP contribution is 2.05. The Labute approximate surface area is 68.6 Å². The highest BCUT2D eigenvalue weighted by atomic mass is 16.3. The molecule has 0 heterocycles. The van der Waals surface area contributed by atoms with Crippen LogP contribution in [-0.2, 0) is 4.79 Å². The molecule has 0 spiro atoms. The number of rotatable bonds is 7. The molecule has 1 N–H and O–H groups in total. The largest absolute Gasteiger partial charge is 0.385 e. The molecule has 2 nitrogen and oxygen atoms in total. The van der Waals surface area contributed by atoms with Crippen LogP contribution in [-0.4, -0.2) is 17.5 Å². The highest BCUT2D eigenvalue weighted by molar-refractivity contribution is 5.56. The Hall–Kier alpha value is -0.370. The van der Waals surface area contributed by atoms with Gasteiger partial charge in [-0.15, -0.1) is 0 Å². The third-order valence-corrected chi connectivity index (χ3v) is 1.72. The Morgan fingerprint density at radius 3 is 2.45 bits per heavy atom. The number of unbranched alkanes of at least 4 members (excludes halogenated alkanes) is 4. The van der Waals surface area contributed by atoms with E-state index in [1.54, 1.807) is 6.29 Å². The second-order valence-electron chi connectivity index (χ2n) is 2.84. The number of aliphatic hydroxyl groups excluding tert-OH is 1. The molecular formula is C9H17O2. The highest BCUT2D eigenvalue weighted by Gasteiger charge is 2.00. The molecule has 1 unspecified atom stereocenters. The Morgan fingerprint density at radius 1 is 1.27 bits per heavy atom. The molecule has 0 aliphatic heterocycles. The molecule has 0 saturated carbocycles. The summed E-state index contributed by atoms with van der Waals surface area (Å²) in [6.45, 7) is 2.16. The molecule has 0 aliphatic rings. The van der Waals surface area contributed by atoms with Crippen LogP contribution in [0.15, 0.2) is 0 Å². The normalized spacial score (nSPS) is 12.9. The van der Waals surface area contributed by atoms with Crippen molar-refractivity contribution in [3.63, 3.8) is 0 Å². The van der Waals surface area contributed by atoms with E-state index in [2.05, 4.69) is 6.92 Å². The molecular weight excluding hydrogens is 140 g/mol. The molecule has 0 aromatic heterocycles. The Morgan fingerprint density at radius 2 is 1.91 bits per heavy atom. The molecule has 0 fully saturated rings. The van der Waals surface area contributed by atoms with Gasteiger partial charge in [-0.05, 0) is 6.42 Å². The van der Waals surface area contributed by atoms with Gasteiger partial charge >= 0.3 is 0 Å². The van der Waals surface area contributed by atoms with Gasteiger partial charge in [0.25, 0.3) is 0 Å². The summed E-state index contributed by atoms with van der Waals surface area (Å²) >= 11 is 0. The third-order valence-electron chi connectivity index (χ3n) is 1.72. The minimum atomic E-state index is -0.850. The lowest BCUT2D eigenvalue weighted by molar-refractivity contribution is 0.219. The second-order valence-corrected chi connectivity index (χ2v) is 2.84. The van der Waals surface area contributed by atoms with Gasteiger partial charge in [-0.25, -0.2) is 0 Å². The zero-order valence-corrected chi connectivity index (χ0v) is 7.18. The number of hydrogen-bond acceptors (Lipinski definition) is 2. The lowest BCUT2D eigenvalue weighted by Crippen LogP contribution is -2.06. The molecule has 0 rings (SSSR count). The zero-order valence-electron chi connectivity index (χ0n) is 7.18. The number of hydrogen-bond donors (Lipinski definition) is 1. The summed E-state index contributed by atoms with van der Waals surface area (Å²) in [7, 11) is 0. The van der Waals surface area contributed by atoms with Crippen LogP contribution in [0.1, 0.15) is 45.4 Å². The molecule has 0 saturated heterocycles. The van der Waals surface area contributed by atoms with Crippen LogP contribution in [0.2, 0.25) is 0 Å². The molecule has 0 bridgehead atoms. The van der Waals surface area contributed by atoms with E-state index in [4.69, 9.17) is 5.11 Å². The number of aliphatic hydroxyl groups is 1. The molecule has 0 aromatic rings. The molecule has 2 heteroatoms. The van der Waals surface area contributed by atoms with Crippen LogP contribution in [0.5, 0.6) is 0 Å². The predicted molar refractivity (Wildman–Crippen MR) is 45.1 cm³/mol. The monoisotopic (exact) mass is 157 g/mol. The maximum absolute atomic E-state index is 9.85. The summed E-state index contributed by atoms with van der Waals surface area (Å²) in [5.41, 5.74) is 0. The second kappa shape index (κ2) is 7.73. The van der Waals surface area contributed by atoms with E-state index >= 15 is 0 Å². The van der Waals surface area contributed by atoms with Gasteiger partial charge in [0.15, 0.2) is 0 Å². The van der Waals surface area contributed by atoms with Gasteiger partial charge in [0, 0.05) is 0 Å². The van der Waals surface area contributed by atoms with Gasteiger partial charge in [-0.3, -0.25) is 4.79 Å². The zero-order chi connectivity index (χ0) is 8.53. The van der Waals surface area contributed by atoms with E-state index < -0.39 is 6.10 Å². The molecule has 65 valence electrons. The summed E-state index contributed by atoms with van der Waals surface area (Å²) in [6, 6.07) is 0. The first-order valence-corrected chi connectivity index (χ1v) is 4.37. The van der Waals surface area contributed by atoms with E-state index in [9.17, 15) is 4.79 Å². The minimum Gasteiger partial charge on any atom is -0.385 e. The maximum atomic E-state index is 9.85. The predicted octanol–water partition coefficient (Wildman–Crippen LogP) is 1.82.